The fourth-order valence-corrected chi connectivity index (χ4v) is 2.12. The first-order chi connectivity index (χ1) is 10.7. The molecule has 0 fully saturated rings. The van der Waals surface area contributed by atoms with E-state index in [0.29, 0.717) is 12.4 Å². The van der Waals surface area contributed by atoms with Crippen molar-refractivity contribution in [2.24, 2.45) is 0 Å². The lowest BCUT2D eigenvalue weighted by atomic mass is 10.2. The Morgan fingerprint density at radius 1 is 1.09 bits per heavy atom. The molecule has 3 rings (SSSR count). The maximum atomic E-state index is 13.4. The van der Waals surface area contributed by atoms with Crippen LogP contribution in [0.25, 0.3) is 11.4 Å². The molecule has 0 amide bonds. The minimum atomic E-state index is -0.385. The molecule has 0 unspecified atom stereocenters. The summed E-state index contributed by atoms with van der Waals surface area (Å²) in [5.41, 5.74) is 0.879. The molecule has 1 aromatic heterocycles. The Morgan fingerprint density at radius 3 is 2.64 bits per heavy atom. The highest BCUT2D eigenvalue weighted by Gasteiger charge is 2.06. The standard InChI is InChI=1S/C15H12BrFN4O/c16-12-7-5-11(6-8-12)15-18-20-21(19-15)9-10-22-14-4-2-1-3-13(14)17/h1-8H,9-10H2. The van der Waals surface area contributed by atoms with E-state index in [2.05, 4.69) is 31.3 Å². The molecule has 22 heavy (non-hydrogen) atoms. The maximum Gasteiger partial charge on any atom is 0.204 e. The highest BCUT2D eigenvalue weighted by molar-refractivity contribution is 9.10. The zero-order valence-electron chi connectivity index (χ0n) is 11.5. The zero-order chi connectivity index (χ0) is 15.4. The van der Waals surface area contributed by atoms with Crippen molar-refractivity contribution < 1.29 is 9.13 Å². The quantitative estimate of drug-likeness (QED) is 0.698. The first-order valence-corrected chi connectivity index (χ1v) is 7.43. The average molecular weight is 363 g/mol. The molecular weight excluding hydrogens is 351 g/mol. The summed E-state index contributed by atoms with van der Waals surface area (Å²) < 4.78 is 19.7. The van der Waals surface area contributed by atoms with E-state index in [1.54, 1.807) is 18.2 Å². The molecule has 0 N–H and O–H groups in total. The third kappa shape index (κ3) is 3.48. The van der Waals surface area contributed by atoms with Crippen molar-refractivity contribution in [1.82, 2.24) is 20.2 Å². The second-order valence-corrected chi connectivity index (χ2v) is 5.41. The monoisotopic (exact) mass is 362 g/mol. The number of nitrogens with zero attached hydrogens (tertiary/aromatic N) is 4. The fourth-order valence-electron chi connectivity index (χ4n) is 1.85. The average Bonchev–Trinajstić information content (AvgIpc) is 2.99. The number of hydrogen-bond acceptors (Lipinski definition) is 4. The van der Waals surface area contributed by atoms with Gasteiger partial charge in [-0.1, -0.05) is 28.1 Å². The highest BCUT2D eigenvalue weighted by Crippen LogP contribution is 2.17. The van der Waals surface area contributed by atoms with E-state index in [-0.39, 0.29) is 18.2 Å². The van der Waals surface area contributed by atoms with Gasteiger partial charge < -0.3 is 4.74 Å². The summed E-state index contributed by atoms with van der Waals surface area (Å²) in [5, 5.41) is 12.2. The molecular formula is C15H12BrFN4O. The Bertz CT molecular complexity index is 760. The number of para-hydroxylation sites is 1. The summed E-state index contributed by atoms with van der Waals surface area (Å²) in [7, 11) is 0. The molecule has 0 saturated heterocycles. The van der Waals surface area contributed by atoms with Crippen LogP contribution in [0.15, 0.2) is 53.0 Å². The maximum absolute atomic E-state index is 13.4. The van der Waals surface area contributed by atoms with Crippen LogP contribution < -0.4 is 4.74 Å². The second-order valence-electron chi connectivity index (χ2n) is 4.49. The van der Waals surface area contributed by atoms with E-state index in [0.717, 1.165) is 10.0 Å². The molecule has 2 aromatic carbocycles. The lowest BCUT2D eigenvalue weighted by Gasteiger charge is -2.05. The van der Waals surface area contributed by atoms with Crippen molar-refractivity contribution in [3.63, 3.8) is 0 Å². The molecule has 0 aliphatic carbocycles. The van der Waals surface area contributed by atoms with Gasteiger partial charge in [0.1, 0.15) is 6.61 Å². The number of halogens is 2. The van der Waals surface area contributed by atoms with Gasteiger partial charge in [0.05, 0.1) is 6.54 Å². The number of tetrazole rings is 1. The Kier molecular flexibility index (Phi) is 4.43. The van der Waals surface area contributed by atoms with Gasteiger partial charge in [-0.15, -0.1) is 10.2 Å². The number of aromatic nitrogens is 4. The van der Waals surface area contributed by atoms with Crippen LogP contribution in [0.2, 0.25) is 0 Å². The third-order valence-electron chi connectivity index (χ3n) is 2.94. The molecule has 7 heteroatoms. The summed E-state index contributed by atoms with van der Waals surface area (Å²) in [5.74, 6) is 0.374. The number of hydrogen-bond donors (Lipinski definition) is 0. The summed E-state index contributed by atoms with van der Waals surface area (Å²) in [6, 6.07) is 13.9. The topological polar surface area (TPSA) is 52.8 Å². The number of ether oxygens (including phenoxy) is 1. The molecule has 0 spiro atoms. The van der Waals surface area contributed by atoms with Crippen LogP contribution >= 0.6 is 15.9 Å². The van der Waals surface area contributed by atoms with Crippen molar-refractivity contribution in [2.45, 2.75) is 6.54 Å². The SMILES string of the molecule is Fc1ccccc1OCCn1nnc(-c2ccc(Br)cc2)n1. The number of benzene rings is 2. The normalized spacial score (nSPS) is 10.6. The van der Waals surface area contributed by atoms with Crippen LogP contribution in [-0.4, -0.2) is 26.8 Å². The summed E-state index contributed by atoms with van der Waals surface area (Å²) in [4.78, 5) is 1.43. The van der Waals surface area contributed by atoms with Crippen molar-refractivity contribution in [3.05, 3.63) is 58.8 Å². The van der Waals surface area contributed by atoms with Gasteiger partial charge in [0.25, 0.3) is 0 Å². The van der Waals surface area contributed by atoms with Crippen LogP contribution in [0.3, 0.4) is 0 Å². The molecule has 0 saturated carbocycles. The molecule has 5 nitrogen and oxygen atoms in total. The molecule has 0 bridgehead atoms. The van der Waals surface area contributed by atoms with E-state index in [1.807, 2.05) is 24.3 Å². The Hall–Kier alpha value is -2.28. The summed E-state index contributed by atoms with van der Waals surface area (Å²) >= 11 is 3.38. The fraction of sp³-hybridized carbons (Fsp3) is 0.133. The van der Waals surface area contributed by atoms with Gasteiger partial charge >= 0.3 is 0 Å². The minimum Gasteiger partial charge on any atom is -0.489 e. The highest BCUT2D eigenvalue weighted by atomic mass is 79.9. The van der Waals surface area contributed by atoms with Gasteiger partial charge in [-0.2, -0.15) is 4.80 Å². The first-order valence-electron chi connectivity index (χ1n) is 6.63. The van der Waals surface area contributed by atoms with E-state index >= 15 is 0 Å². The largest absolute Gasteiger partial charge is 0.489 e. The van der Waals surface area contributed by atoms with Gasteiger partial charge in [0, 0.05) is 10.0 Å². The smallest absolute Gasteiger partial charge is 0.204 e. The van der Waals surface area contributed by atoms with Crippen LogP contribution in [0.5, 0.6) is 5.75 Å². The second kappa shape index (κ2) is 6.65. The van der Waals surface area contributed by atoms with Crippen molar-refractivity contribution >= 4 is 15.9 Å². The lowest BCUT2D eigenvalue weighted by molar-refractivity contribution is 0.268. The predicted molar refractivity (Wildman–Crippen MR) is 82.8 cm³/mol. The molecule has 3 aromatic rings. The molecule has 0 aliphatic heterocycles. The lowest BCUT2D eigenvalue weighted by Crippen LogP contribution is -2.11. The van der Waals surface area contributed by atoms with E-state index in [1.165, 1.54) is 10.9 Å². The van der Waals surface area contributed by atoms with Crippen molar-refractivity contribution in [2.75, 3.05) is 6.61 Å². The zero-order valence-corrected chi connectivity index (χ0v) is 13.1. The van der Waals surface area contributed by atoms with E-state index in [9.17, 15) is 4.39 Å². The van der Waals surface area contributed by atoms with Crippen LogP contribution in [-0.2, 0) is 6.54 Å². The predicted octanol–water partition coefficient (Wildman–Crippen LogP) is 3.32. The van der Waals surface area contributed by atoms with Gasteiger partial charge in [0.15, 0.2) is 11.6 Å². The van der Waals surface area contributed by atoms with Crippen LogP contribution in [0.4, 0.5) is 4.39 Å². The molecule has 0 aliphatic rings. The minimum absolute atomic E-state index is 0.218. The Labute approximate surface area is 134 Å². The van der Waals surface area contributed by atoms with Crippen molar-refractivity contribution in [1.29, 1.82) is 0 Å². The molecule has 112 valence electrons. The van der Waals surface area contributed by atoms with Gasteiger partial charge in [-0.3, -0.25) is 0 Å². The van der Waals surface area contributed by atoms with E-state index in [4.69, 9.17) is 4.74 Å². The van der Waals surface area contributed by atoms with Gasteiger partial charge in [-0.05, 0) is 41.6 Å². The Morgan fingerprint density at radius 2 is 1.86 bits per heavy atom. The van der Waals surface area contributed by atoms with Crippen LogP contribution in [0.1, 0.15) is 0 Å². The molecule has 1 heterocycles. The molecule has 0 atom stereocenters. The number of rotatable bonds is 5. The Balaban J connectivity index is 1.60. The van der Waals surface area contributed by atoms with Crippen molar-refractivity contribution in [3.8, 4) is 17.1 Å². The molecule has 0 radical (unpaired) electrons. The van der Waals surface area contributed by atoms with Gasteiger partial charge in [0.2, 0.25) is 5.82 Å². The van der Waals surface area contributed by atoms with E-state index < -0.39 is 0 Å². The first kappa shape index (κ1) is 14.6. The summed E-state index contributed by atoms with van der Waals surface area (Å²) in [6.45, 7) is 0.648. The van der Waals surface area contributed by atoms with Gasteiger partial charge in [-0.25, -0.2) is 4.39 Å². The summed E-state index contributed by atoms with van der Waals surface area (Å²) in [6.07, 6.45) is 0. The van der Waals surface area contributed by atoms with Crippen LogP contribution in [0, 0.1) is 5.82 Å². The third-order valence-corrected chi connectivity index (χ3v) is 3.47.